The first-order valence-corrected chi connectivity index (χ1v) is 16.5. The molecule has 3 heterocycles. The van der Waals surface area contributed by atoms with Crippen LogP contribution in [0.5, 0.6) is 0 Å². The lowest BCUT2D eigenvalue weighted by Gasteiger charge is -2.10. The molecule has 0 unspecified atom stereocenters. The monoisotopic (exact) mass is 662 g/mol. The van der Waals surface area contributed by atoms with E-state index < -0.39 is 68.8 Å². The molecule has 2 aromatic carbocycles. The first kappa shape index (κ1) is 31.8. The molecule has 0 radical (unpaired) electrons. The van der Waals surface area contributed by atoms with E-state index in [-0.39, 0.29) is 32.5 Å². The molecule has 5 rings (SSSR count). The number of thiophene rings is 1. The predicted molar refractivity (Wildman–Crippen MR) is 157 cm³/mol. The van der Waals surface area contributed by atoms with Crippen LogP contribution >= 0.6 is 34.0 Å². The molecule has 0 aliphatic carbocycles. The van der Waals surface area contributed by atoms with Crippen molar-refractivity contribution >= 4 is 53.1 Å². The van der Waals surface area contributed by atoms with E-state index in [0.29, 0.717) is 35.1 Å². The highest BCUT2D eigenvalue weighted by atomic mass is 32.1. The molecule has 13 heteroatoms. The van der Waals surface area contributed by atoms with Crippen LogP contribution in [0.1, 0.15) is 76.3 Å². The number of fused-ring (bicyclic) bond motifs is 3. The number of aromatic nitrogens is 2. The second kappa shape index (κ2) is 13.2. The third-order valence-corrected chi connectivity index (χ3v) is 10.8. The van der Waals surface area contributed by atoms with E-state index in [9.17, 15) is 17.6 Å². The standard InChI is InChI=1S/C30H26F8N2S3/c1-3-5-7-9-11-13-17(31)21(35)15(22(36)18(13)32)27-39-29-25(41-27)26-30(43-29)40-28(42-26)16-23(37)19(33)14(20(34)24(16)38)12-10-8-6-4-2/h3-12H2,1-2H3. The minimum atomic E-state index is -1.56. The van der Waals surface area contributed by atoms with E-state index in [2.05, 4.69) is 9.97 Å². The average molecular weight is 663 g/mol. The molecule has 0 amide bonds. The molecule has 0 aliphatic heterocycles. The van der Waals surface area contributed by atoms with Crippen molar-refractivity contribution in [2.45, 2.75) is 78.1 Å². The van der Waals surface area contributed by atoms with Crippen molar-refractivity contribution in [3.8, 4) is 21.1 Å². The molecule has 0 atom stereocenters. The number of nitrogens with zero attached hydrogens (tertiary/aromatic N) is 2. The average Bonchev–Trinajstić information content (AvgIpc) is 3.66. The molecule has 0 saturated heterocycles. The molecule has 2 nitrogen and oxygen atoms in total. The van der Waals surface area contributed by atoms with E-state index >= 15 is 17.6 Å². The van der Waals surface area contributed by atoms with Gasteiger partial charge in [0.05, 0.1) is 20.5 Å². The van der Waals surface area contributed by atoms with Gasteiger partial charge in [0.25, 0.3) is 0 Å². The van der Waals surface area contributed by atoms with Gasteiger partial charge in [0.1, 0.15) is 19.7 Å². The first-order chi connectivity index (χ1) is 20.6. The number of unbranched alkanes of at least 4 members (excludes halogenated alkanes) is 6. The predicted octanol–water partition coefficient (Wildman–Crippen LogP) is 11.7. The van der Waals surface area contributed by atoms with Crippen LogP contribution in [-0.4, -0.2) is 9.97 Å². The van der Waals surface area contributed by atoms with Crippen molar-refractivity contribution < 1.29 is 35.1 Å². The summed E-state index contributed by atoms with van der Waals surface area (Å²) >= 11 is 2.35. The second-order valence-corrected chi connectivity index (χ2v) is 13.2. The van der Waals surface area contributed by atoms with Crippen LogP contribution in [0.15, 0.2) is 0 Å². The van der Waals surface area contributed by atoms with Gasteiger partial charge in [-0.3, -0.25) is 0 Å². The highest BCUT2D eigenvalue weighted by molar-refractivity contribution is 7.39. The van der Waals surface area contributed by atoms with E-state index in [1.54, 1.807) is 0 Å². The highest BCUT2D eigenvalue weighted by Crippen LogP contribution is 2.47. The van der Waals surface area contributed by atoms with Gasteiger partial charge in [-0.05, 0) is 25.7 Å². The fourth-order valence-electron chi connectivity index (χ4n) is 4.97. The Bertz CT molecular complexity index is 1620. The Morgan fingerprint density at radius 3 is 1.12 bits per heavy atom. The summed E-state index contributed by atoms with van der Waals surface area (Å²) in [6.07, 6.45) is 5.15. The normalized spacial score (nSPS) is 12.0. The van der Waals surface area contributed by atoms with Gasteiger partial charge >= 0.3 is 0 Å². The fourth-order valence-corrected chi connectivity index (χ4v) is 8.68. The number of benzene rings is 2. The van der Waals surface area contributed by atoms with Crippen LogP contribution < -0.4 is 0 Å². The van der Waals surface area contributed by atoms with Gasteiger partial charge in [0.2, 0.25) is 0 Å². The largest absolute Gasteiger partial charge is 0.225 e. The van der Waals surface area contributed by atoms with Gasteiger partial charge in [-0.2, -0.15) is 0 Å². The number of hydrogen-bond donors (Lipinski definition) is 0. The molecule has 5 aromatic rings. The van der Waals surface area contributed by atoms with E-state index in [0.717, 1.165) is 59.7 Å². The molecular weight excluding hydrogens is 637 g/mol. The quantitative estimate of drug-likeness (QED) is 0.0755. The Morgan fingerprint density at radius 2 is 0.791 bits per heavy atom. The topological polar surface area (TPSA) is 25.8 Å². The van der Waals surface area contributed by atoms with Crippen molar-refractivity contribution in [3.05, 3.63) is 57.7 Å². The van der Waals surface area contributed by atoms with E-state index in [4.69, 9.17) is 0 Å². The zero-order valence-electron chi connectivity index (χ0n) is 23.2. The van der Waals surface area contributed by atoms with Crippen LogP contribution in [0.3, 0.4) is 0 Å². The SMILES string of the molecule is CCCCCCc1c(F)c(F)c(-c2nc3sc4nc(-c5c(F)c(F)c(CCCCCC)c(F)c5F)sc4c3s2)c(F)c1F. The summed E-state index contributed by atoms with van der Waals surface area (Å²) in [4.78, 5) is 8.76. The lowest BCUT2D eigenvalue weighted by molar-refractivity contribution is 0.440. The maximum absolute atomic E-state index is 15.1. The van der Waals surface area contributed by atoms with Crippen molar-refractivity contribution in [2.75, 3.05) is 0 Å². The Morgan fingerprint density at radius 1 is 0.442 bits per heavy atom. The molecule has 43 heavy (non-hydrogen) atoms. The third-order valence-electron chi connectivity index (χ3n) is 7.29. The van der Waals surface area contributed by atoms with Gasteiger partial charge in [-0.1, -0.05) is 63.7 Å². The second-order valence-electron chi connectivity index (χ2n) is 10.2. The summed E-state index contributed by atoms with van der Waals surface area (Å²) in [5.41, 5.74) is -3.21. The van der Waals surface area contributed by atoms with Gasteiger partial charge < -0.3 is 0 Å². The number of rotatable bonds is 12. The molecule has 0 fully saturated rings. The minimum absolute atomic E-state index is 0.156. The van der Waals surface area contributed by atoms with Crippen molar-refractivity contribution in [1.29, 1.82) is 0 Å². The van der Waals surface area contributed by atoms with Crippen LogP contribution in [0.4, 0.5) is 35.1 Å². The molecule has 0 aliphatic rings. The molecule has 0 bridgehead atoms. The summed E-state index contributed by atoms with van der Waals surface area (Å²) in [7, 11) is 0. The Kier molecular flexibility index (Phi) is 9.72. The summed E-state index contributed by atoms with van der Waals surface area (Å²) in [6, 6.07) is 0. The lowest BCUT2D eigenvalue weighted by atomic mass is 10.0. The summed E-state index contributed by atoms with van der Waals surface area (Å²) < 4.78 is 120. The Hall–Kier alpha value is -2.64. The van der Waals surface area contributed by atoms with Crippen LogP contribution in [0.25, 0.3) is 40.2 Å². The third kappa shape index (κ3) is 5.80. The van der Waals surface area contributed by atoms with Crippen molar-refractivity contribution in [2.24, 2.45) is 0 Å². The maximum Gasteiger partial charge on any atom is 0.172 e. The summed E-state index contributed by atoms with van der Waals surface area (Å²) in [5.74, 6) is -12.1. The molecule has 0 N–H and O–H groups in total. The molecule has 230 valence electrons. The number of halogens is 8. The molecular formula is C30H26F8N2S3. The van der Waals surface area contributed by atoms with Gasteiger partial charge in [0.15, 0.2) is 46.5 Å². The van der Waals surface area contributed by atoms with Crippen LogP contribution in [0, 0.1) is 46.5 Å². The smallest absolute Gasteiger partial charge is 0.172 e. The highest BCUT2D eigenvalue weighted by Gasteiger charge is 2.31. The van der Waals surface area contributed by atoms with E-state index in [1.807, 2.05) is 13.8 Å². The van der Waals surface area contributed by atoms with Crippen molar-refractivity contribution in [3.63, 3.8) is 0 Å². The van der Waals surface area contributed by atoms with Crippen molar-refractivity contribution in [1.82, 2.24) is 9.97 Å². The first-order valence-electron chi connectivity index (χ1n) is 14.0. The summed E-state index contributed by atoms with van der Waals surface area (Å²) in [5, 5.41) is -0.657. The van der Waals surface area contributed by atoms with Gasteiger partial charge in [-0.25, -0.2) is 45.1 Å². The Balaban J connectivity index is 1.52. The number of hydrogen-bond acceptors (Lipinski definition) is 5. The van der Waals surface area contributed by atoms with E-state index in [1.165, 1.54) is 0 Å². The van der Waals surface area contributed by atoms with Gasteiger partial charge in [0, 0.05) is 11.1 Å². The molecule has 0 spiro atoms. The lowest BCUT2D eigenvalue weighted by Crippen LogP contribution is -2.06. The minimum Gasteiger partial charge on any atom is -0.225 e. The fraction of sp³-hybridized carbons (Fsp3) is 0.400. The molecule has 3 aromatic heterocycles. The van der Waals surface area contributed by atoms with Crippen LogP contribution in [-0.2, 0) is 12.8 Å². The molecule has 0 saturated carbocycles. The zero-order valence-corrected chi connectivity index (χ0v) is 25.7. The Labute approximate surface area is 254 Å². The zero-order chi connectivity index (χ0) is 31.0. The summed E-state index contributed by atoms with van der Waals surface area (Å²) in [6.45, 7) is 3.91. The number of thiazole rings is 2. The van der Waals surface area contributed by atoms with Crippen LogP contribution in [0.2, 0.25) is 0 Å². The maximum atomic E-state index is 15.1. The van der Waals surface area contributed by atoms with Gasteiger partial charge in [-0.15, -0.1) is 22.7 Å².